The second kappa shape index (κ2) is 4.05. The van der Waals surface area contributed by atoms with Crippen LogP contribution in [-0.2, 0) is 13.1 Å². The molecule has 0 spiro atoms. The van der Waals surface area contributed by atoms with E-state index in [1.54, 1.807) is 12.1 Å². The SMILES string of the molecule is Fc1cccc(-c2nc(Cl)c3c(n2)CNC3)c1. The van der Waals surface area contributed by atoms with Crippen molar-refractivity contribution in [2.45, 2.75) is 13.1 Å². The lowest BCUT2D eigenvalue weighted by Gasteiger charge is -2.05. The highest BCUT2D eigenvalue weighted by Crippen LogP contribution is 2.25. The first-order valence-corrected chi connectivity index (χ1v) is 5.64. The number of benzene rings is 1. The van der Waals surface area contributed by atoms with Gasteiger partial charge < -0.3 is 5.32 Å². The van der Waals surface area contributed by atoms with Crippen LogP contribution in [0.25, 0.3) is 11.4 Å². The summed E-state index contributed by atoms with van der Waals surface area (Å²) in [6, 6.07) is 6.19. The lowest BCUT2D eigenvalue weighted by molar-refractivity contribution is 0.628. The number of rotatable bonds is 1. The maximum atomic E-state index is 13.1. The van der Waals surface area contributed by atoms with E-state index in [0.717, 1.165) is 11.3 Å². The molecule has 0 atom stereocenters. The topological polar surface area (TPSA) is 37.8 Å². The van der Waals surface area contributed by atoms with Crippen molar-refractivity contribution in [3.63, 3.8) is 0 Å². The van der Waals surface area contributed by atoms with Crippen molar-refractivity contribution in [2.24, 2.45) is 0 Å². The minimum atomic E-state index is -0.305. The third-order valence-corrected chi connectivity index (χ3v) is 3.03. The average molecular weight is 250 g/mol. The summed E-state index contributed by atoms with van der Waals surface area (Å²) in [5.41, 5.74) is 2.47. The van der Waals surface area contributed by atoms with Crippen LogP contribution in [-0.4, -0.2) is 9.97 Å². The standard InChI is InChI=1S/C12H9ClFN3/c13-11-9-5-15-6-10(9)16-12(17-11)7-2-1-3-8(14)4-7/h1-4,15H,5-6H2. The molecule has 0 saturated carbocycles. The highest BCUT2D eigenvalue weighted by Gasteiger charge is 2.18. The van der Waals surface area contributed by atoms with Crippen molar-refractivity contribution in [2.75, 3.05) is 0 Å². The molecule has 1 aromatic carbocycles. The highest BCUT2D eigenvalue weighted by atomic mass is 35.5. The van der Waals surface area contributed by atoms with Gasteiger partial charge >= 0.3 is 0 Å². The Morgan fingerprint density at radius 3 is 2.94 bits per heavy atom. The summed E-state index contributed by atoms with van der Waals surface area (Å²) in [6.07, 6.45) is 0. The Morgan fingerprint density at radius 2 is 2.12 bits per heavy atom. The van der Waals surface area contributed by atoms with E-state index in [9.17, 15) is 4.39 Å². The van der Waals surface area contributed by atoms with E-state index in [1.165, 1.54) is 12.1 Å². The van der Waals surface area contributed by atoms with Gasteiger partial charge in [0.25, 0.3) is 0 Å². The summed E-state index contributed by atoms with van der Waals surface area (Å²) in [5.74, 6) is 0.165. The molecule has 1 aromatic heterocycles. The van der Waals surface area contributed by atoms with E-state index >= 15 is 0 Å². The van der Waals surface area contributed by atoms with Crippen LogP contribution < -0.4 is 5.32 Å². The normalized spacial score (nSPS) is 13.8. The number of aromatic nitrogens is 2. The number of nitrogens with zero attached hydrogens (tertiary/aromatic N) is 2. The fourth-order valence-corrected chi connectivity index (χ4v) is 2.14. The third-order valence-electron chi connectivity index (χ3n) is 2.72. The van der Waals surface area contributed by atoms with E-state index < -0.39 is 0 Å². The molecular formula is C12H9ClFN3. The molecule has 3 rings (SSSR count). The van der Waals surface area contributed by atoms with Gasteiger partial charge in [0.2, 0.25) is 0 Å². The predicted octanol–water partition coefficient (Wildman–Crippen LogP) is 2.54. The third kappa shape index (κ3) is 1.90. The smallest absolute Gasteiger partial charge is 0.161 e. The van der Waals surface area contributed by atoms with Crippen LogP contribution in [0.4, 0.5) is 4.39 Å². The van der Waals surface area contributed by atoms with Crippen molar-refractivity contribution >= 4 is 11.6 Å². The van der Waals surface area contributed by atoms with Crippen LogP contribution in [0.1, 0.15) is 11.3 Å². The van der Waals surface area contributed by atoms with E-state index in [2.05, 4.69) is 15.3 Å². The molecule has 0 radical (unpaired) electrons. The van der Waals surface area contributed by atoms with Crippen LogP contribution >= 0.6 is 11.6 Å². The van der Waals surface area contributed by atoms with Crippen LogP contribution in [0.5, 0.6) is 0 Å². The molecule has 1 N–H and O–H groups in total. The zero-order valence-corrected chi connectivity index (χ0v) is 9.63. The maximum Gasteiger partial charge on any atom is 0.161 e. The average Bonchev–Trinajstić information content (AvgIpc) is 2.77. The molecule has 86 valence electrons. The molecule has 0 amide bonds. The molecule has 2 heterocycles. The molecule has 2 aromatic rings. The molecular weight excluding hydrogens is 241 g/mol. The van der Waals surface area contributed by atoms with Gasteiger partial charge in [0, 0.05) is 24.2 Å². The predicted molar refractivity (Wildman–Crippen MR) is 63.0 cm³/mol. The molecule has 1 aliphatic heterocycles. The minimum absolute atomic E-state index is 0.305. The first-order chi connectivity index (χ1) is 8.24. The van der Waals surface area contributed by atoms with Crippen molar-refractivity contribution in [1.29, 1.82) is 0 Å². The number of hydrogen-bond donors (Lipinski definition) is 1. The van der Waals surface area contributed by atoms with Crippen molar-refractivity contribution in [3.8, 4) is 11.4 Å². The Hall–Kier alpha value is -1.52. The second-order valence-corrected chi connectivity index (χ2v) is 4.24. The zero-order valence-electron chi connectivity index (χ0n) is 8.87. The monoisotopic (exact) mass is 249 g/mol. The van der Waals surface area contributed by atoms with Crippen LogP contribution in [0, 0.1) is 5.82 Å². The van der Waals surface area contributed by atoms with Gasteiger partial charge in [-0.3, -0.25) is 0 Å². The Morgan fingerprint density at radius 1 is 1.24 bits per heavy atom. The Labute approximate surface area is 103 Å². The highest BCUT2D eigenvalue weighted by molar-refractivity contribution is 6.30. The molecule has 0 saturated heterocycles. The molecule has 3 nitrogen and oxygen atoms in total. The van der Waals surface area contributed by atoms with Crippen molar-refractivity contribution in [1.82, 2.24) is 15.3 Å². The van der Waals surface area contributed by atoms with Gasteiger partial charge in [-0.05, 0) is 12.1 Å². The molecule has 0 bridgehead atoms. The van der Waals surface area contributed by atoms with Crippen molar-refractivity contribution < 1.29 is 4.39 Å². The van der Waals surface area contributed by atoms with Gasteiger partial charge in [-0.2, -0.15) is 0 Å². The number of fused-ring (bicyclic) bond motifs is 1. The fourth-order valence-electron chi connectivity index (χ4n) is 1.88. The zero-order chi connectivity index (χ0) is 11.8. The van der Waals surface area contributed by atoms with Crippen LogP contribution in [0.3, 0.4) is 0 Å². The van der Waals surface area contributed by atoms with E-state index in [0.29, 0.717) is 29.6 Å². The number of hydrogen-bond acceptors (Lipinski definition) is 3. The second-order valence-electron chi connectivity index (χ2n) is 3.88. The first kappa shape index (κ1) is 10.6. The summed E-state index contributed by atoms with van der Waals surface area (Å²) in [6.45, 7) is 1.37. The fraction of sp³-hybridized carbons (Fsp3) is 0.167. The Bertz CT molecular complexity index is 586. The molecule has 0 unspecified atom stereocenters. The van der Waals surface area contributed by atoms with Crippen LogP contribution in [0.15, 0.2) is 24.3 Å². The number of nitrogens with one attached hydrogen (secondary N) is 1. The molecule has 1 aliphatic rings. The summed E-state index contributed by atoms with van der Waals surface area (Å²) >= 11 is 6.08. The van der Waals surface area contributed by atoms with Gasteiger partial charge in [-0.1, -0.05) is 23.7 Å². The maximum absolute atomic E-state index is 13.1. The summed E-state index contributed by atoms with van der Waals surface area (Å²) in [7, 11) is 0. The number of halogens is 2. The quantitative estimate of drug-likeness (QED) is 0.790. The molecule has 0 aliphatic carbocycles. The molecule has 5 heteroatoms. The van der Waals surface area contributed by atoms with Gasteiger partial charge in [-0.25, -0.2) is 14.4 Å². The van der Waals surface area contributed by atoms with Gasteiger partial charge in [0.1, 0.15) is 11.0 Å². The van der Waals surface area contributed by atoms with E-state index in [1.807, 2.05) is 0 Å². The first-order valence-electron chi connectivity index (χ1n) is 5.26. The van der Waals surface area contributed by atoms with Crippen LogP contribution in [0.2, 0.25) is 5.15 Å². The lowest BCUT2D eigenvalue weighted by Crippen LogP contribution is -2.00. The van der Waals surface area contributed by atoms with Gasteiger partial charge in [0.05, 0.1) is 5.69 Å². The van der Waals surface area contributed by atoms with E-state index in [-0.39, 0.29) is 5.82 Å². The van der Waals surface area contributed by atoms with Crippen molar-refractivity contribution in [3.05, 3.63) is 46.5 Å². The Balaban J connectivity index is 2.13. The van der Waals surface area contributed by atoms with Gasteiger partial charge in [0.15, 0.2) is 5.82 Å². The van der Waals surface area contributed by atoms with E-state index in [4.69, 9.17) is 11.6 Å². The minimum Gasteiger partial charge on any atom is -0.307 e. The molecule has 0 fully saturated rings. The summed E-state index contributed by atoms with van der Waals surface area (Å²) in [4.78, 5) is 8.60. The summed E-state index contributed by atoms with van der Waals surface area (Å²) in [5, 5.41) is 3.60. The van der Waals surface area contributed by atoms with Gasteiger partial charge in [-0.15, -0.1) is 0 Å². The summed E-state index contributed by atoms with van der Waals surface area (Å²) < 4.78 is 13.1. The lowest BCUT2D eigenvalue weighted by atomic mass is 10.2. The Kier molecular flexibility index (Phi) is 2.53. The largest absolute Gasteiger partial charge is 0.307 e. The molecule has 17 heavy (non-hydrogen) atoms.